The van der Waals surface area contributed by atoms with Gasteiger partial charge in [0.1, 0.15) is 5.82 Å². The Morgan fingerprint density at radius 1 is 1.23 bits per heavy atom. The average molecular weight is 355 g/mol. The molecule has 2 aromatic carbocycles. The number of nitrogens with one attached hydrogen (secondary N) is 2. The maximum Gasteiger partial charge on any atom is 0.258 e. The quantitative estimate of drug-likeness (QED) is 0.890. The lowest BCUT2D eigenvalue weighted by molar-refractivity contribution is 0.0655. The molecule has 0 radical (unpaired) electrons. The van der Waals surface area contributed by atoms with Crippen molar-refractivity contribution in [2.75, 3.05) is 25.0 Å². The van der Waals surface area contributed by atoms with E-state index in [-0.39, 0.29) is 17.5 Å². The lowest BCUT2D eigenvalue weighted by Crippen LogP contribution is -2.52. The van der Waals surface area contributed by atoms with Gasteiger partial charge in [0.15, 0.2) is 0 Å². The van der Waals surface area contributed by atoms with E-state index in [4.69, 9.17) is 0 Å². The van der Waals surface area contributed by atoms with Gasteiger partial charge in [0.05, 0.1) is 5.56 Å². The van der Waals surface area contributed by atoms with Crippen LogP contribution < -0.4 is 10.6 Å². The fourth-order valence-corrected chi connectivity index (χ4v) is 3.03. The molecule has 2 amide bonds. The smallest absolute Gasteiger partial charge is 0.258 e. The Bertz CT molecular complexity index is 838. The summed E-state index contributed by atoms with van der Waals surface area (Å²) in [6.07, 6.45) is 0. The predicted molar refractivity (Wildman–Crippen MR) is 98.9 cm³/mol. The number of nitrogens with zero attached hydrogens (tertiary/aromatic N) is 1. The first-order chi connectivity index (χ1) is 12.5. The average Bonchev–Trinajstić information content (AvgIpc) is 2.63. The van der Waals surface area contributed by atoms with Crippen LogP contribution >= 0.6 is 0 Å². The number of carbonyl (C=O) groups excluding carboxylic acids is 2. The third-order valence-electron chi connectivity index (χ3n) is 4.61. The molecule has 3 rings (SSSR count). The van der Waals surface area contributed by atoms with Gasteiger partial charge in [-0.1, -0.05) is 18.2 Å². The van der Waals surface area contributed by atoms with Gasteiger partial charge in [0, 0.05) is 36.9 Å². The summed E-state index contributed by atoms with van der Waals surface area (Å²) in [6, 6.07) is 11.1. The summed E-state index contributed by atoms with van der Waals surface area (Å²) < 4.78 is 13.8. The molecule has 1 aliphatic rings. The number of piperazine rings is 1. The zero-order chi connectivity index (χ0) is 18.7. The van der Waals surface area contributed by atoms with Crippen LogP contribution in [0.2, 0.25) is 0 Å². The van der Waals surface area contributed by atoms with Gasteiger partial charge in [0.2, 0.25) is 0 Å². The molecule has 136 valence electrons. The predicted octanol–water partition coefficient (Wildman–Crippen LogP) is 2.82. The van der Waals surface area contributed by atoms with Crippen LogP contribution in [0, 0.1) is 12.7 Å². The number of amides is 2. The molecule has 0 spiro atoms. The summed E-state index contributed by atoms with van der Waals surface area (Å²) in [5.74, 6) is -1.18. The minimum atomic E-state index is -0.579. The Hall–Kier alpha value is -2.73. The van der Waals surface area contributed by atoms with Crippen molar-refractivity contribution in [3.8, 4) is 0 Å². The van der Waals surface area contributed by atoms with Gasteiger partial charge < -0.3 is 15.5 Å². The second kappa shape index (κ2) is 7.66. The van der Waals surface area contributed by atoms with Gasteiger partial charge in [-0.25, -0.2) is 4.39 Å². The van der Waals surface area contributed by atoms with Crippen molar-refractivity contribution in [3.63, 3.8) is 0 Å². The molecular formula is C20H22FN3O2. The first kappa shape index (κ1) is 18.1. The van der Waals surface area contributed by atoms with E-state index in [1.807, 2.05) is 18.7 Å². The second-order valence-electron chi connectivity index (χ2n) is 6.52. The van der Waals surface area contributed by atoms with E-state index in [0.717, 1.165) is 18.7 Å². The topological polar surface area (TPSA) is 61.4 Å². The van der Waals surface area contributed by atoms with Crippen LogP contribution in [0.5, 0.6) is 0 Å². The van der Waals surface area contributed by atoms with Crippen LogP contribution in [0.3, 0.4) is 0 Å². The summed E-state index contributed by atoms with van der Waals surface area (Å²) in [6.45, 7) is 6.00. The maximum atomic E-state index is 13.8. The van der Waals surface area contributed by atoms with Crippen LogP contribution in [-0.4, -0.2) is 42.4 Å². The zero-order valence-corrected chi connectivity index (χ0v) is 14.9. The molecular weight excluding hydrogens is 333 g/mol. The van der Waals surface area contributed by atoms with Gasteiger partial charge in [-0.05, 0) is 43.7 Å². The minimum absolute atomic E-state index is 0.0284. The molecule has 1 fully saturated rings. The van der Waals surface area contributed by atoms with Crippen molar-refractivity contribution in [1.29, 1.82) is 0 Å². The highest BCUT2D eigenvalue weighted by atomic mass is 19.1. The molecule has 1 atom stereocenters. The van der Waals surface area contributed by atoms with E-state index in [2.05, 4.69) is 10.6 Å². The second-order valence-corrected chi connectivity index (χ2v) is 6.52. The summed E-state index contributed by atoms with van der Waals surface area (Å²) in [4.78, 5) is 27.0. The van der Waals surface area contributed by atoms with Gasteiger partial charge in [-0.2, -0.15) is 0 Å². The Morgan fingerprint density at radius 2 is 2.00 bits per heavy atom. The van der Waals surface area contributed by atoms with Crippen molar-refractivity contribution >= 4 is 17.5 Å². The summed E-state index contributed by atoms with van der Waals surface area (Å²) >= 11 is 0. The van der Waals surface area contributed by atoms with Gasteiger partial charge in [-0.15, -0.1) is 0 Å². The standard InChI is InChI=1S/C20H22FN3O2/c1-13-7-8-15(20(26)24-10-9-22-12-14(24)2)11-18(13)23-19(25)16-5-3-4-6-17(16)21/h3-8,11,14,22H,9-10,12H2,1-2H3,(H,23,25). The number of halogens is 1. The molecule has 1 aliphatic heterocycles. The fourth-order valence-electron chi connectivity index (χ4n) is 3.03. The lowest BCUT2D eigenvalue weighted by Gasteiger charge is -2.34. The molecule has 0 aromatic heterocycles. The number of aryl methyl sites for hydroxylation is 1. The molecule has 6 heteroatoms. The zero-order valence-electron chi connectivity index (χ0n) is 14.9. The Kier molecular flexibility index (Phi) is 5.32. The van der Waals surface area contributed by atoms with Crippen LogP contribution in [0.1, 0.15) is 33.2 Å². The number of benzene rings is 2. The van der Waals surface area contributed by atoms with E-state index in [1.54, 1.807) is 24.3 Å². The molecule has 0 saturated carbocycles. The highest BCUT2D eigenvalue weighted by Crippen LogP contribution is 2.21. The number of anilines is 1. The molecule has 1 unspecified atom stereocenters. The van der Waals surface area contributed by atoms with Crippen LogP contribution in [-0.2, 0) is 0 Å². The Morgan fingerprint density at radius 3 is 2.73 bits per heavy atom. The summed E-state index contributed by atoms with van der Waals surface area (Å²) in [5, 5.41) is 5.97. The number of carbonyl (C=O) groups is 2. The molecule has 1 saturated heterocycles. The van der Waals surface area contributed by atoms with Gasteiger partial charge in [-0.3, -0.25) is 9.59 Å². The van der Waals surface area contributed by atoms with E-state index in [1.165, 1.54) is 18.2 Å². The third kappa shape index (κ3) is 3.75. The van der Waals surface area contributed by atoms with Crippen LogP contribution in [0.4, 0.5) is 10.1 Å². The largest absolute Gasteiger partial charge is 0.333 e. The number of hydrogen-bond acceptors (Lipinski definition) is 3. The lowest BCUT2D eigenvalue weighted by atomic mass is 10.1. The normalized spacial score (nSPS) is 17.0. The fraction of sp³-hybridized carbons (Fsp3) is 0.300. The number of hydrogen-bond donors (Lipinski definition) is 2. The van der Waals surface area contributed by atoms with E-state index in [9.17, 15) is 14.0 Å². The van der Waals surface area contributed by atoms with Crippen molar-refractivity contribution in [2.45, 2.75) is 19.9 Å². The van der Waals surface area contributed by atoms with Gasteiger partial charge in [0.25, 0.3) is 11.8 Å². The highest BCUT2D eigenvalue weighted by molar-refractivity contribution is 6.05. The van der Waals surface area contributed by atoms with Crippen molar-refractivity contribution in [1.82, 2.24) is 10.2 Å². The SMILES string of the molecule is Cc1ccc(C(=O)N2CCNCC2C)cc1NC(=O)c1ccccc1F. The highest BCUT2D eigenvalue weighted by Gasteiger charge is 2.24. The first-order valence-corrected chi connectivity index (χ1v) is 8.65. The third-order valence-corrected chi connectivity index (χ3v) is 4.61. The molecule has 0 aliphatic carbocycles. The molecule has 0 bridgehead atoms. The van der Waals surface area contributed by atoms with Crippen molar-refractivity contribution in [2.24, 2.45) is 0 Å². The minimum Gasteiger partial charge on any atom is -0.333 e. The molecule has 2 N–H and O–H groups in total. The Balaban J connectivity index is 1.83. The van der Waals surface area contributed by atoms with Crippen molar-refractivity contribution in [3.05, 3.63) is 65.0 Å². The van der Waals surface area contributed by atoms with Crippen LogP contribution in [0.15, 0.2) is 42.5 Å². The summed E-state index contributed by atoms with van der Waals surface area (Å²) in [5.41, 5.74) is 1.79. The maximum absolute atomic E-state index is 13.8. The van der Waals surface area contributed by atoms with E-state index < -0.39 is 11.7 Å². The van der Waals surface area contributed by atoms with Crippen LogP contribution in [0.25, 0.3) is 0 Å². The molecule has 1 heterocycles. The summed E-state index contributed by atoms with van der Waals surface area (Å²) in [7, 11) is 0. The van der Waals surface area contributed by atoms with E-state index >= 15 is 0 Å². The molecule has 5 nitrogen and oxygen atoms in total. The number of rotatable bonds is 3. The molecule has 26 heavy (non-hydrogen) atoms. The monoisotopic (exact) mass is 355 g/mol. The Labute approximate surface area is 152 Å². The van der Waals surface area contributed by atoms with Crippen molar-refractivity contribution < 1.29 is 14.0 Å². The van der Waals surface area contributed by atoms with E-state index in [0.29, 0.717) is 17.8 Å². The first-order valence-electron chi connectivity index (χ1n) is 8.65. The van der Waals surface area contributed by atoms with Gasteiger partial charge >= 0.3 is 0 Å². The molecule has 2 aromatic rings.